The highest BCUT2D eigenvalue weighted by atomic mass is 32.2. The van der Waals surface area contributed by atoms with Gasteiger partial charge in [-0.25, -0.2) is 17.6 Å². The topological polar surface area (TPSA) is 83.9 Å². The molecule has 0 bridgehead atoms. The van der Waals surface area contributed by atoms with Crippen LogP contribution >= 0.6 is 0 Å². The molecule has 0 radical (unpaired) electrons. The lowest BCUT2D eigenvalue weighted by atomic mass is 10.1. The molecular weight excluding hydrogens is 349 g/mol. The minimum Gasteiger partial charge on any atom is -0.497 e. The molecule has 1 N–H and O–H groups in total. The summed E-state index contributed by atoms with van der Waals surface area (Å²) >= 11 is 0. The largest absolute Gasteiger partial charge is 0.497 e. The number of hydrogen-bond acceptors (Lipinski definition) is 4. The number of carboxylic acid groups (broad SMARTS) is 1. The first-order chi connectivity index (χ1) is 11.7. The summed E-state index contributed by atoms with van der Waals surface area (Å²) in [6.45, 7) is 0. The van der Waals surface area contributed by atoms with Crippen LogP contribution in [-0.2, 0) is 21.2 Å². The van der Waals surface area contributed by atoms with Crippen molar-refractivity contribution in [3.63, 3.8) is 0 Å². The molecule has 0 spiro atoms. The number of sulfonamides is 1. The molecule has 6 nitrogen and oxygen atoms in total. The van der Waals surface area contributed by atoms with E-state index in [-0.39, 0.29) is 12.1 Å². The summed E-state index contributed by atoms with van der Waals surface area (Å²) in [6.07, 6.45) is 0.842. The number of aliphatic carboxylic acids is 1. The number of benzene rings is 2. The lowest BCUT2D eigenvalue weighted by Gasteiger charge is -2.29. The number of anilines is 1. The number of carboxylic acids is 1. The molecular formula is C17H18FNO5S. The van der Waals surface area contributed by atoms with Gasteiger partial charge in [0.05, 0.1) is 19.1 Å². The number of carbonyl (C=O) groups is 1. The molecule has 0 fully saturated rings. The molecule has 0 aromatic heterocycles. The van der Waals surface area contributed by atoms with Gasteiger partial charge >= 0.3 is 5.97 Å². The first kappa shape index (κ1) is 18.7. The number of hydrogen-bond donors (Lipinski definition) is 1. The van der Waals surface area contributed by atoms with Crippen molar-refractivity contribution in [2.45, 2.75) is 12.5 Å². The second-order valence-corrected chi connectivity index (χ2v) is 7.30. The molecule has 0 saturated carbocycles. The maximum absolute atomic E-state index is 13.1. The minimum absolute atomic E-state index is 0.0724. The minimum atomic E-state index is -3.91. The molecule has 0 saturated heterocycles. The monoisotopic (exact) mass is 367 g/mol. The number of nitrogens with zero attached hydrogens (tertiary/aromatic N) is 1. The van der Waals surface area contributed by atoms with Gasteiger partial charge < -0.3 is 9.84 Å². The van der Waals surface area contributed by atoms with E-state index >= 15 is 0 Å². The number of halogens is 1. The fourth-order valence-corrected chi connectivity index (χ4v) is 3.62. The van der Waals surface area contributed by atoms with Crippen LogP contribution in [0.2, 0.25) is 0 Å². The van der Waals surface area contributed by atoms with Crippen LogP contribution in [-0.4, -0.2) is 38.9 Å². The van der Waals surface area contributed by atoms with E-state index < -0.39 is 27.9 Å². The van der Waals surface area contributed by atoms with Crippen molar-refractivity contribution >= 4 is 21.7 Å². The van der Waals surface area contributed by atoms with Crippen LogP contribution in [0, 0.1) is 5.82 Å². The van der Waals surface area contributed by atoms with E-state index in [0.717, 1.165) is 22.7 Å². The average molecular weight is 367 g/mol. The number of methoxy groups -OCH3 is 1. The summed E-state index contributed by atoms with van der Waals surface area (Å²) in [5.41, 5.74) is 0.682. The zero-order valence-electron chi connectivity index (χ0n) is 13.7. The molecule has 0 heterocycles. The first-order valence-corrected chi connectivity index (χ1v) is 9.18. The van der Waals surface area contributed by atoms with Crippen LogP contribution in [0.3, 0.4) is 0 Å². The van der Waals surface area contributed by atoms with Crippen molar-refractivity contribution in [2.75, 3.05) is 17.7 Å². The fourth-order valence-electron chi connectivity index (χ4n) is 2.48. The van der Waals surface area contributed by atoms with Crippen molar-refractivity contribution in [1.29, 1.82) is 0 Å². The Labute approximate surface area is 145 Å². The Bertz CT molecular complexity index is 852. The molecule has 1 unspecified atom stereocenters. The Morgan fingerprint density at radius 2 is 1.88 bits per heavy atom. The Kier molecular flexibility index (Phi) is 5.63. The Hall–Kier alpha value is -2.61. The smallest absolute Gasteiger partial charge is 0.327 e. The lowest BCUT2D eigenvalue weighted by molar-refractivity contribution is -0.138. The van der Waals surface area contributed by atoms with Gasteiger partial charge in [-0.15, -0.1) is 0 Å². The van der Waals surface area contributed by atoms with Crippen molar-refractivity contribution in [3.8, 4) is 5.75 Å². The van der Waals surface area contributed by atoms with Gasteiger partial charge in [-0.1, -0.05) is 12.1 Å². The summed E-state index contributed by atoms with van der Waals surface area (Å²) in [4.78, 5) is 11.8. The summed E-state index contributed by atoms with van der Waals surface area (Å²) < 4.78 is 43.5. The molecule has 0 aliphatic heterocycles. The van der Waals surface area contributed by atoms with Crippen molar-refractivity contribution in [2.24, 2.45) is 0 Å². The highest BCUT2D eigenvalue weighted by Gasteiger charge is 2.33. The SMILES string of the molecule is COc1cccc(CC(C(=O)O)N(c2ccc(F)cc2)S(C)(=O)=O)c1. The van der Waals surface area contributed by atoms with E-state index in [4.69, 9.17) is 4.74 Å². The molecule has 0 amide bonds. The summed E-state index contributed by atoms with van der Waals surface area (Å²) in [5.74, 6) is -1.32. The van der Waals surface area contributed by atoms with Gasteiger partial charge in [0, 0.05) is 6.42 Å². The predicted molar refractivity (Wildman–Crippen MR) is 91.8 cm³/mol. The Morgan fingerprint density at radius 3 is 2.40 bits per heavy atom. The van der Waals surface area contributed by atoms with Gasteiger partial charge in [-0.05, 0) is 42.0 Å². The molecule has 8 heteroatoms. The quantitative estimate of drug-likeness (QED) is 0.812. The van der Waals surface area contributed by atoms with E-state index in [1.165, 1.54) is 19.2 Å². The standard InChI is InChI=1S/C17H18FNO5S/c1-24-15-5-3-4-12(10-15)11-16(17(20)21)19(25(2,22)23)14-8-6-13(18)7-9-14/h3-10,16H,11H2,1-2H3,(H,20,21). The lowest BCUT2D eigenvalue weighted by Crippen LogP contribution is -2.46. The highest BCUT2D eigenvalue weighted by Crippen LogP contribution is 2.24. The molecule has 2 aromatic carbocycles. The molecule has 25 heavy (non-hydrogen) atoms. The molecule has 1 atom stereocenters. The van der Waals surface area contributed by atoms with E-state index in [9.17, 15) is 22.7 Å². The third-order valence-electron chi connectivity index (χ3n) is 3.57. The van der Waals surface area contributed by atoms with Crippen LogP contribution in [0.1, 0.15) is 5.56 Å². The number of rotatable bonds is 7. The molecule has 134 valence electrons. The summed E-state index contributed by atoms with van der Waals surface area (Å²) in [5, 5.41) is 9.60. The Morgan fingerprint density at radius 1 is 1.24 bits per heavy atom. The van der Waals surface area contributed by atoms with Gasteiger partial charge in [-0.3, -0.25) is 4.31 Å². The van der Waals surface area contributed by atoms with Crippen LogP contribution < -0.4 is 9.04 Å². The van der Waals surface area contributed by atoms with Crippen molar-refractivity contribution in [1.82, 2.24) is 0 Å². The average Bonchev–Trinajstić information content (AvgIpc) is 2.55. The van der Waals surface area contributed by atoms with Crippen molar-refractivity contribution < 1.29 is 27.4 Å². The molecule has 2 aromatic rings. The molecule has 0 aliphatic rings. The predicted octanol–water partition coefficient (Wildman–Crippen LogP) is 2.30. The summed E-state index contributed by atoms with van der Waals surface area (Å²) in [6, 6.07) is 9.97. The van der Waals surface area contributed by atoms with Crippen LogP contribution in [0.4, 0.5) is 10.1 Å². The van der Waals surface area contributed by atoms with Gasteiger partial charge in [0.1, 0.15) is 17.6 Å². The second kappa shape index (κ2) is 7.52. The third kappa shape index (κ3) is 4.69. The molecule has 0 aliphatic carbocycles. The van der Waals surface area contributed by atoms with E-state index in [1.54, 1.807) is 24.3 Å². The maximum Gasteiger partial charge on any atom is 0.327 e. The van der Waals surface area contributed by atoms with E-state index in [1.807, 2.05) is 0 Å². The molecule has 2 rings (SSSR count). The zero-order valence-corrected chi connectivity index (χ0v) is 14.5. The summed E-state index contributed by atoms with van der Waals surface area (Å²) in [7, 11) is -2.43. The third-order valence-corrected chi connectivity index (χ3v) is 4.75. The van der Waals surface area contributed by atoms with E-state index in [0.29, 0.717) is 11.3 Å². The van der Waals surface area contributed by atoms with Crippen LogP contribution in [0.15, 0.2) is 48.5 Å². The van der Waals surface area contributed by atoms with Crippen LogP contribution in [0.25, 0.3) is 0 Å². The fraction of sp³-hybridized carbons (Fsp3) is 0.235. The number of ether oxygens (including phenoxy) is 1. The Balaban J connectivity index is 2.46. The van der Waals surface area contributed by atoms with Gasteiger partial charge in [0.25, 0.3) is 0 Å². The van der Waals surface area contributed by atoms with Gasteiger partial charge in [-0.2, -0.15) is 0 Å². The van der Waals surface area contributed by atoms with Crippen molar-refractivity contribution in [3.05, 3.63) is 59.9 Å². The van der Waals surface area contributed by atoms with Gasteiger partial charge in [0.2, 0.25) is 10.0 Å². The van der Waals surface area contributed by atoms with E-state index in [2.05, 4.69) is 0 Å². The van der Waals surface area contributed by atoms with Crippen LogP contribution in [0.5, 0.6) is 5.75 Å². The van der Waals surface area contributed by atoms with Gasteiger partial charge in [0.15, 0.2) is 0 Å². The maximum atomic E-state index is 13.1. The first-order valence-electron chi connectivity index (χ1n) is 7.33. The zero-order chi connectivity index (χ0) is 18.6. The normalized spacial score (nSPS) is 12.4. The highest BCUT2D eigenvalue weighted by molar-refractivity contribution is 7.92. The second-order valence-electron chi connectivity index (χ2n) is 5.44.